The van der Waals surface area contributed by atoms with E-state index in [0.717, 1.165) is 51.5 Å². The molecule has 0 aromatic heterocycles. The van der Waals surface area contributed by atoms with Crippen LogP contribution in [0, 0.1) is 0 Å². The van der Waals surface area contributed by atoms with Crippen molar-refractivity contribution >= 4 is 35.8 Å². The third-order valence-electron chi connectivity index (χ3n) is 3.85. The average Bonchev–Trinajstić information content (AvgIpc) is 3.04. The molecule has 142 valence electrons. The van der Waals surface area contributed by atoms with E-state index in [1.165, 1.54) is 0 Å². The van der Waals surface area contributed by atoms with Crippen molar-refractivity contribution in [1.82, 2.24) is 15.5 Å². The van der Waals surface area contributed by atoms with Gasteiger partial charge < -0.3 is 25.0 Å². The summed E-state index contributed by atoms with van der Waals surface area (Å²) in [7, 11) is 3.45. The van der Waals surface area contributed by atoms with Crippen molar-refractivity contribution < 1.29 is 14.3 Å². The number of likely N-dealkylation sites (tertiary alicyclic amines) is 1. The van der Waals surface area contributed by atoms with Crippen LogP contribution in [-0.4, -0.2) is 76.4 Å². The number of carbonyl (C=O) groups is 1. The van der Waals surface area contributed by atoms with Gasteiger partial charge in [-0.3, -0.25) is 9.79 Å². The summed E-state index contributed by atoms with van der Waals surface area (Å²) in [6.07, 6.45) is 3.58. The highest BCUT2D eigenvalue weighted by Crippen LogP contribution is 2.10. The molecule has 1 fully saturated rings. The fourth-order valence-corrected chi connectivity index (χ4v) is 2.50. The van der Waals surface area contributed by atoms with Gasteiger partial charge in [0, 0.05) is 52.9 Å². The molecule has 1 saturated heterocycles. The number of nitrogens with zero attached hydrogens (tertiary/aromatic N) is 2. The molecule has 1 heterocycles. The van der Waals surface area contributed by atoms with Crippen molar-refractivity contribution in [2.24, 2.45) is 4.99 Å². The molecule has 24 heavy (non-hydrogen) atoms. The van der Waals surface area contributed by atoms with E-state index in [1.807, 2.05) is 11.8 Å². The lowest BCUT2D eigenvalue weighted by molar-refractivity contribution is -0.129. The standard InChI is InChI=1S/C16H32N4O3.HI/c1-4-15(21)20-9-7-14(13-20)19-16(17-2)18-8-5-6-10-23-12-11-22-3;/h14H,4-13H2,1-3H3,(H2,17,18,19);1H. The second-order valence-corrected chi connectivity index (χ2v) is 5.63. The van der Waals surface area contributed by atoms with Gasteiger partial charge in [-0.2, -0.15) is 0 Å². The highest BCUT2D eigenvalue weighted by Gasteiger charge is 2.25. The second-order valence-electron chi connectivity index (χ2n) is 5.63. The number of hydrogen-bond donors (Lipinski definition) is 2. The van der Waals surface area contributed by atoms with Crippen molar-refractivity contribution in [2.45, 2.75) is 38.6 Å². The Bertz CT molecular complexity index is 369. The molecule has 1 aliphatic rings. The van der Waals surface area contributed by atoms with E-state index >= 15 is 0 Å². The molecule has 0 aliphatic carbocycles. The lowest BCUT2D eigenvalue weighted by atomic mass is 10.3. The van der Waals surface area contributed by atoms with Crippen LogP contribution in [-0.2, 0) is 14.3 Å². The largest absolute Gasteiger partial charge is 0.382 e. The minimum absolute atomic E-state index is 0. The number of methoxy groups -OCH3 is 1. The van der Waals surface area contributed by atoms with Gasteiger partial charge in [0.15, 0.2) is 5.96 Å². The SMILES string of the molecule is CCC(=O)N1CCC(NC(=NC)NCCCCOCCOC)C1.I. The summed E-state index contributed by atoms with van der Waals surface area (Å²) < 4.78 is 10.3. The zero-order valence-electron chi connectivity index (χ0n) is 15.2. The molecule has 0 saturated carbocycles. The molecule has 0 bridgehead atoms. The molecule has 7 nitrogen and oxygen atoms in total. The lowest BCUT2D eigenvalue weighted by Crippen LogP contribution is -2.45. The van der Waals surface area contributed by atoms with Crippen molar-refractivity contribution in [1.29, 1.82) is 0 Å². The number of aliphatic imine (C=N–C) groups is 1. The van der Waals surface area contributed by atoms with Crippen molar-refractivity contribution in [3.8, 4) is 0 Å². The Morgan fingerprint density at radius 3 is 2.75 bits per heavy atom. The van der Waals surface area contributed by atoms with Crippen LogP contribution in [0.1, 0.15) is 32.6 Å². The summed E-state index contributed by atoms with van der Waals surface area (Å²) >= 11 is 0. The molecule has 1 amide bonds. The molecule has 0 spiro atoms. The van der Waals surface area contributed by atoms with Crippen LogP contribution in [0.5, 0.6) is 0 Å². The van der Waals surface area contributed by atoms with Gasteiger partial charge in [-0.25, -0.2) is 0 Å². The van der Waals surface area contributed by atoms with E-state index in [9.17, 15) is 4.79 Å². The van der Waals surface area contributed by atoms with E-state index in [-0.39, 0.29) is 35.9 Å². The first kappa shape index (κ1) is 23.4. The van der Waals surface area contributed by atoms with Crippen LogP contribution < -0.4 is 10.6 Å². The predicted molar refractivity (Wildman–Crippen MR) is 107 cm³/mol. The number of carbonyl (C=O) groups excluding carboxylic acids is 1. The Morgan fingerprint density at radius 2 is 2.08 bits per heavy atom. The van der Waals surface area contributed by atoms with Gasteiger partial charge in [0.25, 0.3) is 0 Å². The summed E-state index contributed by atoms with van der Waals surface area (Å²) in [6.45, 7) is 6.42. The maximum Gasteiger partial charge on any atom is 0.222 e. The van der Waals surface area contributed by atoms with Gasteiger partial charge in [-0.05, 0) is 19.3 Å². The van der Waals surface area contributed by atoms with E-state index in [1.54, 1.807) is 14.2 Å². The zero-order valence-corrected chi connectivity index (χ0v) is 17.5. The van der Waals surface area contributed by atoms with Crippen LogP contribution in [0.4, 0.5) is 0 Å². The van der Waals surface area contributed by atoms with Gasteiger partial charge in [-0.15, -0.1) is 24.0 Å². The van der Waals surface area contributed by atoms with Crippen LogP contribution in [0.3, 0.4) is 0 Å². The van der Waals surface area contributed by atoms with E-state index < -0.39 is 0 Å². The summed E-state index contributed by atoms with van der Waals surface area (Å²) in [5.74, 6) is 1.03. The Kier molecular flexibility index (Phi) is 14.3. The molecule has 1 atom stereocenters. The van der Waals surface area contributed by atoms with Gasteiger partial charge in [0.2, 0.25) is 5.91 Å². The Balaban J connectivity index is 0.00000529. The van der Waals surface area contributed by atoms with Crippen LogP contribution in [0.25, 0.3) is 0 Å². The van der Waals surface area contributed by atoms with E-state index in [4.69, 9.17) is 9.47 Å². The van der Waals surface area contributed by atoms with Gasteiger partial charge in [-0.1, -0.05) is 6.92 Å². The third-order valence-corrected chi connectivity index (χ3v) is 3.85. The molecular formula is C16H33IN4O3. The summed E-state index contributed by atoms with van der Waals surface area (Å²) in [4.78, 5) is 17.8. The van der Waals surface area contributed by atoms with E-state index in [0.29, 0.717) is 19.6 Å². The molecule has 8 heteroatoms. The minimum Gasteiger partial charge on any atom is -0.382 e. The van der Waals surface area contributed by atoms with Crippen LogP contribution >= 0.6 is 24.0 Å². The molecule has 0 aromatic rings. The molecule has 2 N–H and O–H groups in total. The number of amides is 1. The number of ether oxygens (including phenoxy) is 2. The van der Waals surface area contributed by atoms with Crippen molar-refractivity contribution in [3.63, 3.8) is 0 Å². The summed E-state index contributed by atoms with van der Waals surface area (Å²) in [5.41, 5.74) is 0. The first-order valence-corrected chi connectivity index (χ1v) is 8.52. The average molecular weight is 456 g/mol. The van der Waals surface area contributed by atoms with Crippen LogP contribution in [0.15, 0.2) is 4.99 Å². The summed E-state index contributed by atoms with van der Waals surface area (Å²) in [5, 5.41) is 6.70. The number of nitrogens with one attached hydrogen (secondary N) is 2. The normalized spacial score (nSPS) is 17.5. The van der Waals surface area contributed by atoms with Gasteiger partial charge in [0.05, 0.1) is 13.2 Å². The van der Waals surface area contributed by atoms with Gasteiger partial charge in [0.1, 0.15) is 0 Å². The Hall–Kier alpha value is -0.610. The topological polar surface area (TPSA) is 75.2 Å². The maximum atomic E-state index is 11.7. The molecule has 1 rings (SSSR count). The van der Waals surface area contributed by atoms with Crippen molar-refractivity contribution in [2.75, 3.05) is 53.6 Å². The number of halogens is 1. The summed E-state index contributed by atoms with van der Waals surface area (Å²) in [6, 6.07) is 0.286. The highest BCUT2D eigenvalue weighted by molar-refractivity contribution is 14.0. The van der Waals surface area contributed by atoms with Crippen LogP contribution in [0.2, 0.25) is 0 Å². The number of hydrogen-bond acceptors (Lipinski definition) is 4. The maximum absolute atomic E-state index is 11.7. The van der Waals surface area contributed by atoms with E-state index in [2.05, 4.69) is 15.6 Å². The first-order chi connectivity index (χ1) is 11.2. The molecule has 1 aliphatic heterocycles. The molecule has 1 unspecified atom stereocenters. The fraction of sp³-hybridized carbons (Fsp3) is 0.875. The number of guanidine groups is 1. The minimum atomic E-state index is 0. The van der Waals surface area contributed by atoms with Crippen molar-refractivity contribution in [3.05, 3.63) is 0 Å². The molecule has 0 radical (unpaired) electrons. The monoisotopic (exact) mass is 456 g/mol. The fourth-order valence-electron chi connectivity index (χ4n) is 2.50. The first-order valence-electron chi connectivity index (χ1n) is 8.52. The number of rotatable bonds is 10. The third kappa shape index (κ3) is 9.63. The highest BCUT2D eigenvalue weighted by atomic mass is 127. The second kappa shape index (κ2) is 14.7. The number of unbranched alkanes of at least 4 members (excludes halogenated alkanes) is 1. The predicted octanol–water partition coefficient (Wildman–Crippen LogP) is 1.22. The Morgan fingerprint density at radius 1 is 1.29 bits per heavy atom. The Labute approximate surface area is 162 Å². The lowest BCUT2D eigenvalue weighted by Gasteiger charge is -2.18. The molecule has 0 aromatic carbocycles. The zero-order chi connectivity index (χ0) is 16.9. The quantitative estimate of drug-likeness (QED) is 0.224. The molecular weight excluding hydrogens is 423 g/mol. The van der Waals surface area contributed by atoms with Gasteiger partial charge >= 0.3 is 0 Å². The smallest absolute Gasteiger partial charge is 0.222 e.